The van der Waals surface area contributed by atoms with Gasteiger partial charge in [-0.3, -0.25) is 4.79 Å². The number of hydrogen-bond acceptors (Lipinski definition) is 3. The van der Waals surface area contributed by atoms with E-state index >= 15 is 0 Å². The van der Waals surface area contributed by atoms with Gasteiger partial charge in [0.2, 0.25) is 0 Å². The first-order valence-corrected chi connectivity index (χ1v) is 4.47. The summed E-state index contributed by atoms with van der Waals surface area (Å²) in [7, 11) is 0. The Morgan fingerprint density at radius 1 is 1.47 bits per heavy atom. The molecule has 0 aromatic heterocycles. The molecule has 0 saturated heterocycles. The van der Waals surface area contributed by atoms with E-state index in [0.717, 1.165) is 0 Å². The van der Waals surface area contributed by atoms with E-state index in [1.165, 1.54) is 12.1 Å². The topological polar surface area (TPSA) is 89.3 Å². The highest BCUT2D eigenvalue weighted by Gasteiger charge is 2.06. The molecular formula is C11H12N2O2. The summed E-state index contributed by atoms with van der Waals surface area (Å²) in [4.78, 5) is 10.9. The summed E-state index contributed by atoms with van der Waals surface area (Å²) in [5.74, 6) is 4.84. The van der Waals surface area contributed by atoms with Gasteiger partial charge in [-0.05, 0) is 18.2 Å². The Morgan fingerprint density at radius 2 is 2.20 bits per heavy atom. The molecule has 0 saturated carbocycles. The number of aromatic hydroxyl groups is 1. The molecular weight excluding hydrogens is 192 g/mol. The molecule has 0 atom stereocenters. The number of carbonyl (C=O) groups is 1. The zero-order valence-electron chi connectivity index (χ0n) is 8.16. The van der Waals surface area contributed by atoms with Crippen LogP contribution < -0.4 is 11.5 Å². The fourth-order valence-electron chi connectivity index (χ4n) is 1.05. The Bertz CT molecular complexity index is 430. The van der Waals surface area contributed by atoms with Crippen LogP contribution in [-0.2, 0) is 0 Å². The second kappa shape index (κ2) is 5.03. The Kier molecular flexibility index (Phi) is 3.72. The van der Waals surface area contributed by atoms with Crippen molar-refractivity contribution in [1.29, 1.82) is 0 Å². The normalized spacial score (nSPS) is 9.13. The molecule has 15 heavy (non-hydrogen) atoms. The van der Waals surface area contributed by atoms with E-state index in [1.54, 1.807) is 6.07 Å². The summed E-state index contributed by atoms with van der Waals surface area (Å²) in [6, 6.07) is 4.47. The van der Waals surface area contributed by atoms with Crippen LogP contribution in [0.3, 0.4) is 0 Å². The second-order valence-electron chi connectivity index (χ2n) is 2.94. The first-order chi connectivity index (χ1) is 7.15. The van der Waals surface area contributed by atoms with Crippen LogP contribution in [0.4, 0.5) is 0 Å². The first kappa shape index (κ1) is 11.1. The van der Waals surface area contributed by atoms with Crippen LogP contribution in [0.2, 0.25) is 0 Å². The van der Waals surface area contributed by atoms with Crippen molar-refractivity contribution < 1.29 is 9.90 Å². The van der Waals surface area contributed by atoms with Gasteiger partial charge >= 0.3 is 0 Å². The number of carbonyl (C=O) groups excluding carboxylic acids is 1. The summed E-state index contributed by atoms with van der Waals surface area (Å²) in [6.07, 6.45) is 0.590. The number of rotatable bonds is 2. The van der Waals surface area contributed by atoms with Crippen LogP contribution in [0.15, 0.2) is 18.2 Å². The van der Waals surface area contributed by atoms with Crippen LogP contribution in [0, 0.1) is 11.8 Å². The van der Waals surface area contributed by atoms with Crippen molar-refractivity contribution in [1.82, 2.24) is 0 Å². The molecule has 0 radical (unpaired) electrons. The SMILES string of the molecule is NCCC#Cc1ccc(O)c(C(N)=O)c1. The van der Waals surface area contributed by atoms with E-state index in [0.29, 0.717) is 18.5 Å². The number of benzene rings is 1. The van der Waals surface area contributed by atoms with E-state index in [-0.39, 0.29) is 11.3 Å². The summed E-state index contributed by atoms with van der Waals surface area (Å²) in [5, 5.41) is 9.31. The van der Waals surface area contributed by atoms with Crippen molar-refractivity contribution in [3.63, 3.8) is 0 Å². The molecule has 1 aromatic rings. The lowest BCUT2D eigenvalue weighted by molar-refractivity contribution is 0.0997. The van der Waals surface area contributed by atoms with Gasteiger partial charge < -0.3 is 16.6 Å². The largest absolute Gasteiger partial charge is 0.507 e. The van der Waals surface area contributed by atoms with Crippen LogP contribution in [-0.4, -0.2) is 17.6 Å². The molecule has 4 nitrogen and oxygen atoms in total. The third-order valence-corrected chi connectivity index (χ3v) is 1.76. The average Bonchev–Trinajstić information content (AvgIpc) is 2.20. The second-order valence-corrected chi connectivity index (χ2v) is 2.94. The number of hydrogen-bond donors (Lipinski definition) is 3. The van der Waals surface area contributed by atoms with Crippen molar-refractivity contribution in [3.8, 4) is 17.6 Å². The van der Waals surface area contributed by atoms with Gasteiger partial charge in [0.15, 0.2) is 0 Å². The first-order valence-electron chi connectivity index (χ1n) is 4.47. The van der Waals surface area contributed by atoms with E-state index in [9.17, 15) is 9.90 Å². The van der Waals surface area contributed by atoms with Crippen molar-refractivity contribution >= 4 is 5.91 Å². The van der Waals surface area contributed by atoms with Crippen molar-refractivity contribution in [2.24, 2.45) is 11.5 Å². The zero-order valence-corrected chi connectivity index (χ0v) is 8.16. The Labute approximate surface area is 87.9 Å². The molecule has 5 N–H and O–H groups in total. The minimum absolute atomic E-state index is 0.0783. The van der Waals surface area contributed by atoms with Crippen LogP contribution in [0.1, 0.15) is 22.3 Å². The minimum Gasteiger partial charge on any atom is -0.507 e. The molecule has 0 aliphatic carbocycles. The maximum Gasteiger partial charge on any atom is 0.252 e. The van der Waals surface area contributed by atoms with Crippen molar-refractivity contribution in [3.05, 3.63) is 29.3 Å². The molecule has 0 aliphatic rings. The standard InChI is InChI=1S/C11H12N2O2/c12-6-2-1-3-8-4-5-10(14)9(7-8)11(13)15/h4-5,7,14H,2,6,12H2,(H2,13,15). The molecule has 1 amide bonds. The Morgan fingerprint density at radius 3 is 2.80 bits per heavy atom. The lowest BCUT2D eigenvalue weighted by atomic mass is 10.1. The highest BCUT2D eigenvalue weighted by atomic mass is 16.3. The van der Waals surface area contributed by atoms with Gasteiger partial charge in [0.25, 0.3) is 5.91 Å². The number of amides is 1. The van der Waals surface area contributed by atoms with Gasteiger partial charge in [-0.1, -0.05) is 11.8 Å². The predicted molar refractivity (Wildman–Crippen MR) is 57.2 cm³/mol. The Hall–Kier alpha value is -1.99. The van der Waals surface area contributed by atoms with E-state index in [2.05, 4.69) is 11.8 Å². The van der Waals surface area contributed by atoms with E-state index < -0.39 is 5.91 Å². The molecule has 0 heterocycles. The number of nitrogens with two attached hydrogens (primary N) is 2. The fraction of sp³-hybridized carbons (Fsp3) is 0.182. The average molecular weight is 204 g/mol. The quantitative estimate of drug-likeness (QED) is 0.601. The molecule has 0 bridgehead atoms. The third-order valence-electron chi connectivity index (χ3n) is 1.76. The molecule has 4 heteroatoms. The number of phenols is 1. The molecule has 1 rings (SSSR count). The summed E-state index contributed by atoms with van der Waals surface area (Å²) < 4.78 is 0. The van der Waals surface area contributed by atoms with Crippen LogP contribution in [0.25, 0.3) is 0 Å². The van der Waals surface area contributed by atoms with Gasteiger partial charge in [0, 0.05) is 18.5 Å². The molecule has 0 aliphatic heterocycles. The van der Waals surface area contributed by atoms with Crippen LogP contribution in [0.5, 0.6) is 5.75 Å². The molecule has 0 fully saturated rings. The lowest BCUT2D eigenvalue weighted by Gasteiger charge is -1.99. The molecule has 0 unspecified atom stereocenters. The zero-order chi connectivity index (χ0) is 11.3. The molecule has 78 valence electrons. The van der Waals surface area contributed by atoms with E-state index in [1.807, 2.05) is 0 Å². The maximum atomic E-state index is 10.9. The lowest BCUT2D eigenvalue weighted by Crippen LogP contribution is -2.11. The van der Waals surface area contributed by atoms with Crippen molar-refractivity contribution in [2.75, 3.05) is 6.54 Å². The summed E-state index contributed by atoms with van der Waals surface area (Å²) in [5.41, 5.74) is 11.1. The minimum atomic E-state index is -0.671. The number of primary amides is 1. The fourth-order valence-corrected chi connectivity index (χ4v) is 1.05. The molecule has 1 aromatic carbocycles. The van der Waals surface area contributed by atoms with Gasteiger partial charge in [0.1, 0.15) is 5.75 Å². The predicted octanol–water partition coefficient (Wildman–Crippen LogP) is 0.191. The van der Waals surface area contributed by atoms with Crippen molar-refractivity contribution in [2.45, 2.75) is 6.42 Å². The monoisotopic (exact) mass is 204 g/mol. The smallest absolute Gasteiger partial charge is 0.252 e. The third kappa shape index (κ3) is 3.01. The van der Waals surface area contributed by atoms with Crippen LogP contribution >= 0.6 is 0 Å². The maximum absolute atomic E-state index is 10.9. The summed E-state index contributed by atoms with van der Waals surface area (Å²) >= 11 is 0. The highest BCUT2D eigenvalue weighted by Crippen LogP contribution is 2.17. The highest BCUT2D eigenvalue weighted by molar-refractivity contribution is 5.95. The van der Waals surface area contributed by atoms with Gasteiger partial charge in [-0.2, -0.15) is 0 Å². The Balaban J connectivity index is 2.99. The summed E-state index contributed by atoms with van der Waals surface area (Å²) in [6.45, 7) is 0.494. The van der Waals surface area contributed by atoms with Gasteiger partial charge in [-0.25, -0.2) is 0 Å². The van der Waals surface area contributed by atoms with E-state index in [4.69, 9.17) is 11.5 Å². The van der Waals surface area contributed by atoms with Gasteiger partial charge in [0.05, 0.1) is 5.56 Å². The molecule has 0 spiro atoms. The van der Waals surface area contributed by atoms with Gasteiger partial charge in [-0.15, -0.1) is 0 Å².